The van der Waals surface area contributed by atoms with Crippen molar-refractivity contribution >= 4 is 36.8 Å². The summed E-state index contributed by atoms with van der Waals surface area (Å²) in [6, 6.07) is -0.604. The molecule has 0 aliphatic rings. The molecule has 0 unspecified atom stereocenters. The number of rotatable bonds is 7. The first-order valence-electron chi connectivity index (χ1n) is 7.31. The van der Waals surface area contributed by atoms with Gasteiger partial charge in [0, 0.05) is 0 Å². The lowest BCUT2D eigenvalue weighted by atomic mass is 10.2. The molecule has 0 radical (unpaired) electrons. The van der Waals surface area contributed by atoms with E-state index >= 15 is 0 Å². The maximum Gasteiger partial charge on any atom is 0.309 e. The molecule has 0 aromatic heterocycles. The standard InChI is InChI=1S/C13H31NO4Si3/c1-19(2,3)14-11(13(16)18-21(7,8)9)10-12(15)17-20(4,5)6/h11,14H,10H2,1-9H3/t11-/m0/s1. The molecule has 0 bridgehead atoms. The topological polar surface area (TPSA) is 64.6 Å². The van der Waals surface area contributed by atoms with E-state index in [0.717, 1.165) is 0 Å². The highest BCUT2D eigenvalue weighted by molar-refractivity contribution is 6.74. The molecule has 0 fully saturated rings. The Labute approximate surface area is 132 Å². The molecule has 0 aromatic carbocycles. The molecule has 0 saturated carbocycles. The van der Waals surface area contributed by atoms with E-state index in [0.29, 0.717) is 0 Å². The molecule has 1 N–H and O–H groups in total. The SMILES string of the molecule is C[Si](C)(C)N[C@@H](CC(=O)O[Si](C)(C)C)C(=O)O[Si](C)(C)C. The summed E-state index contributed by atoms with van der Waals surface area (Å²) in [6.07, 6.45) is 0.0395. The molecule has 0 aromatic rings. The first-order chi connectivity index (χ1) is 9.09. The van der Waals surface area contributed by atoms with Gasteiger partial charge in [0.15, 0.2) is 0 Å². The van der Waals surface area contributed by atoms with Gasteiger partial charge in [-0.3, -0.25) is 9.59 Å². The lowest BCUT2D eigenvalue weighted by molar-refractivity contribution is -0.143. The first-order valence-corrected chi connectivity index (χ1v) is 17.6. The molecule has 0 saturated heterocycles. The minimum Gasteiger partial charge on any atom is -0.520 e. The number of nitrogens with one attached hydrogen (secondary N) is 1. The van der Waals surface area contributed by atoms with Crippen molar-refractivity contribution in [3.8, 4) is 0 Å². The third kappa shape index (κ3) is 11.8. The Bertz CT molecular complexity index is 380. The van der Waals surface area contributed by atoms with Crippen LogP contribution in [0.3, 0.4) is 0 Å². The van der Waals surface area contributed by atoms with Crippen LogP contribution in [0.2, 0.25) is 58.9 Å². The fraction of sp³-hybridized carbons (Fsp3) is 0.846. The van der Waals surface area contributed by atoms with E-state index in [9.17, 15) is 9.59 Å². The molecular weight excluding hydrogens is 318 g/mol. The zero-order valence-corrected chi connectivity index (χ0v) is 17.9. The molecule has 0 amide bonds. The highest BCUT2D eigenvalue weighted by Crippen LogP contribution is 2.12. The quantitative estimate of drug-likeness (QED) is 0.716. The Balaban J connectivity index is 4.91. The van der Waals surface area contributed by atoms with Gasteiger partial charge in [0.25, 0.3) is 5.97 Å². The van der Waals surface area contributed by atoms with Crippen molar-refractivity contribution < 1.29 is 18.4 Å². The molecule has 124 valence electrons. The number of carbonyl (C=O) groups is 2. The molecule has 8 heteroatoms. The Morgan fingerprint density at radius 2 is 1.29 bits per heavy atom. The lowest BCUT2D eigenvalue weighted by Crippen LogP contribution is -2.54. The molecule has 1 atom stereocenters. The van der Waals surface area contributed by atoms with Crippen molar-refractivity contribution in [1.29, 1.82) is 0 Å². The van der Waals surface area contributed by atoms with Gasteiger partial charge in [-0.15, -0.1) is 0 Å². The zero-order valence-electron chi connectivity index (χ0n) is 14.9. The van der Waals surface area contributed by atoms with Gasteiger partial charge in [-0.1, -0.05) is 19.6 Å². The minimum absolute atomic E-state index is 0.0395. The van der Waals surface area contributed by atoms with Crippen LogP contribution < -0.4 is 4.98 Å². The van der Waals surface area contributed by atoms with Crippen LogP contribution in [0.15, 0.2) is 0 Å². The Morgan fingerprint density at radius 3 is 1.62 bits per heavy atom. The van der Waals surface area contributed by atoms with E-state index in [4.69, 9.17) is 8.85 Å². The molecule has 0 spiro atoms. The van der Waals surface area contributed by atoms with Gasteiger partial charge < -0.3 is 13.8 Å². The molecule has 5 nitrogen and oxygen atoms in total. The van der Waals surface area contributed by atoms with E-state index in [1.165, 1.54) is 0 Å². The van der Waals surface area contributed by atoms with Crippen molar-refractivity contribution in [2.24, 2.45) is 0 Å². The van der Waals surface area contributed by atoms with Crippen molar-refractivity contribution in [2.45, 2.75) is 71.4 Å². The van der Waals surface area contributed by atoms with Gasteiger partial charge in [-0.05, 0) is 39.3 Å². The number of carbonyl (C=O) groups excluding carboxylic acids is 2. The second kappa shape index (κ2) is 7.21. The summed E-state index contributed by atoms with van der Waals surface area (Å²) in [7, 11) is -5.63. The fourth-order valence-electron chi connectivity index (χ4n) is 1.64. The summed E-state index contributed by atoms with van der Waals surface area (Å²) in [5, 5.41) is 0. The second-order valence-electron chi connectivity index (χ2n) is 8.27. The molecule has 21 heavy (non-hydrogen) atoms. The van der Waals surface area contributed by atoms with E-state index in [1.807, 2.05) is 39.3 Å². The van der Waals surface area contributed by atoms with Gasteiger partial charge in [0.1, 0.15) is 14.3 Å². The van der Waals surface area contributed by atoms with E-state index in [1.54, 1.807) is 0 Å². The van der Waals surface area contributed by atoms with Crippen LogP contribution in [0.1, 0.15) is 6.42 Å². The van der Waals surface area contributed by atoms with Crippen LogP contribution in [0.5, 0.6) is 0 Å². The van der Waals surface area contributed by atoms with E-state index in [-0.39, 0.29) is 18.4 Å². The summed E-state index contributed by atoms with van der Waals surface area (Å²) in [5.74, 6) is -0.651. The maximum absolute atomic E-state index is 12.3. The molecule has 0 rings (SSSR count). The lowest BCUT2D eigenvalue weighted by Gasteiger charge is -2.29. The van der Waals surface area contributed by atoms with Gasteiger partial charge in [0.05, 0.1) is 6.42 Å². The molecule has 0 aliphatic carbocycles. The van der Waals surface area contributed by atoms with Crippen LogP contribution >= 0.6 is 0 Å². The largest absolute Gasteiger partial charge is 0.520 e. The van der Waals surface area contributed by atoms with Gasteiger partial charge >= 0.3 is 5.97 Å². The first kappa shape index (κ1) is 20.6. The summed E-state index contributed by atoms with van der Waals surface area (Å²) >= 11 is 0. The van der Waals surface area contributed by atoms with Gasteiger partial charge in [-0.2, -0.15) is 0 Å². The predicted octanol–water partition coefficient (Wildman–Crippen LogP) is 2.93. The molecule has 0 heterocycles. The third-order valence-corrected chi connectivity index (χ3v) is 4.96. The van der Waals surface area contributed by atoms with Crippen molar-refractivity contribution in [1.82, 2.24) is 4.98 Å². The monoisotopic (exact) mass is 349 g/mol. The van der Waals surface area contributed by atoms with Crippen LogP contribution in [-0.4, -0.2) is 42.9 Å². The number of hydrogen-bond donors (Lipinski definition) is 1. The highest BCUT2D eigenvalue weighted by atomic mass is 28.4. The maximum atomic E-state index is 12.3. The van der Waals surface area contributed by atoms with E-state index in [2.05, 4.69) is 24.6 Å². The summed E-state index contributed by atoms with van der Waals surface area (Å²) in [6.45, 7) is 18.0. The zero-order chi connectivity index (χ0) is 17.1. The predicted molar refractivity (Wildman–Crippen MR) is 93.8 cm³/mol. The number of hydrogen-bond acceptors (Lipinski definition) is 5. The Morgan fingerprint density at radius 1 is 0.857 bits per heavy atom. The summed E-state index contributed by atoms with van der Waals surface area (Å²) < 4.78 is 11.0. The Kier molecular flexibility index (Phi) is 7.05. The van der Waals surface area contributed by atoms with Crippen LogP contribution in [0.4, 0.5) is 0 Å². The van der Waals surface area contributed by atoms with Crippen LogP contribution in [0.25, 0.3) is 0 Å². The average molecular weight is 350 g/mol. The summed E-state index contributed by atoms with van der Waals surface area (Å²) in [4.78, 5) is 27.6. The van der Waals surface area contributed by atoms with Crippen molar-refractivity contribution in [3.63, 3.8) is 0 Å². The highest BCUT2D eigenvalue weighted by Gasteiger charge is 2.33. The summed E-state index contributed by atoms with van der Waals surface area (Å²) in [5.41, 5.74) is 0. The van der Waals surface area contributed by atoms with Gasteiger partial charge in [-0.25, -0.2) is 0 Å². The second-order valence-corrected chi connectivity index (χ2v) is 21.9. The fourth-order valence-corrected chi connectivity index (χ4v) is 4.42. The molecular formula is C13H31NO4Si3. The van der Waals surface area contributed by atoms with Crippen LogP contribution in [-0.2, 0) is 18.4 Å². The minimum atomic E-state index is -1.97. The normalized spacial score (nSPS) is 14.5. The van der Waals surface area contributed by atoms with Crippen molar-refractivity contribution in [3.05, 3.63) is 0 Å². The average Bonchev–Trinajstić information content (AvgIpc) is 2.07. The smallest absolute Gasteiger partial charge is 0.309 e. The third-order valence-electron chi connectivity index (χ3n) is 2.09. The molecule has 0 aliphatic heterocycles. The Hall–Kier alpha value is -0.449. The van der Waals surface area contributed by atoms with Crippen LogP contribution in [0, 0.1) is 0 Å². The van der Waals surface area contributed by atoms with Gasteiger partial charge in [0.2, 0.25) is 16.6 Å². The van der Waals surface area contributed by atoms with Crippen molar-refractivity contribution in [2.75, 3.05) is 0 Å². The van der Waals surface area contributed by atoms with E-state index < -0.39 is 30.9 Å².